The minimum Gasteiger partial charge on any atom is -0.309 e. The van der Waals surface area contributed by atoms with Crippen LogP contribution in [0.5, 0.6) is 0 Å². The van der Waals surface area contributed by atoms with Crippen molar-refractivity contribution in [3.8, 4) is 73.2 Å². The molecule has 0 saturated carbocycles. The first-order valence-electron chi connectivity index (χ1n) is 19.9. The molecule has 59 heavy (non-hydrogen) atoms. The SMILES string of the molecule is c1ccc(-c2ccc(-c3nc(-c4ccccc4)nc(-c4cc(-n5c6ccccc6c6ccccc65)c(-c5cccc(-c6ccccc6)c5)c5ccccc45)n3)cc2)cc1. The largest absolute Gasteiger partial charge is 0.309 e. The van der Waals surface area contributed by atoms with E-state index in [4.69, 9.17) is 15.0 Å². The first-order chi connectivity index (χ1) is 29.3. The minimum absolute atomic E-state index is 0.615. The van der Waals surface area contributed by atoms with Crippen LogP contribution in [0.15, 0.2) is 218 Å². The standard InChI is InChI=1S/C55H36N4/c1-4-17-37(18-5-1)39-31-33-41(34-32-39)54-56-53(40-21-8-3-9-22-40)57-55(58-54)48-36-51(59-49-29-14-12-26-45(49)46-27-13-15-30-50(46)59)52(47-28-11-10-25-44(47)48)43-24-16-23-42(35-43)38-19-6-2-7-20-38/h1-36H. The van der Waals surface area contributed by atoms with E-state index in [1.165, 1.54) is 21.9 Å². The number of hydrogen-bond donors (Lipinski definition) is 0. The Hall–Kier alpha value is -7.95. The molecule has 0 N–H and O–H groups in total. The summed E-state index contributed by atoms with van der Waals surface area (Å²) in [4.78, 5) is 15.7. The second kappa shape index (κ2) is 14.5. The average molecular weight is 753 g/mol. The van der Waals surface area contributed by atoms with Gasteiger partial charge < -0.3 is 4.57 Å². The van der Waals surface area contributed by atoms with Crippen LogP contribution in [0.2, 0.25) is 0 Å². The van der Waals surface area contributed by atoms with E-state index >= 15 is 0 Å². The maximum atomic E-state index is 5.32. The predicted molar refractivity (Wildman–Crippen MR) is 244 cm³/mol. The van der Waals surface area contributed by atoms with Crippen LogP contribution in [0.25, 0.3) is 106 Å². The fraction of sp³-hybridized carbons (Fsp3) is 0. The zero-order valence-electron chi connectivity index (χ0n) is 32.1. The monoisotopic (exact) mass is 752 g/mol. The van der Waals surface area contributed by atoms with Crippen molar-refractivity contribution in [1.29, 1.82) is 0 Å². The summed E-state index contributed by atoms with van der Waals surface area (Å²) in [6.45, 7) is 0. The summed E-state index contributed by atoms with van der Waals surface area (Å²) >= 11 is 0. The number of para-hydroxylation sites is 2. The molecule has 4 nitrogen and oxygen atoms in total. The molecule has 0 fully saturated rings. The van der Waals surface area contributed by atoms with Crippen molar-refractivity contribution in [2.45, 2.75) is 0 Å². The van der Waals surface area contributed by atoms with Crippen LogP contribution in [0.3, 0.4) is 0 Å². The second-order valence-electron chi connectivity index (χ2n) is 14.8. The van der Waals surface area contributed by atoms with Crippen LogP contribution in [-0.4, -0.2) is 19.5 Å². The molecule has 11 rings (SSSR count). The van der Waals surface area contributed by atoms with E-state index in [1.807, 2.05) is 24.3 Å². The molecule has 0 radical (unpaired) electrons. The van der Waals surface area contributed by atoms with Crippen LogP contribution < -0.4 is 0 Å². The molecule has 0 aliphatic heterocycles. The van der Waals surface area contributed by atoms with Crippen molar-refractivity contribution in [1.82, 2.24) is 19.5 Å². The van der Waals surface area contributed by atoms with Crippen molar-refractivity contribution >= 4 is 32.6 Å². The molecule has 2 aromatic heterocycles. The minimum atomic E-state index is 0.615. The summed E-state index contributed by atoms with van der Waals surface area (Å²) in [5.74, 6) is 1.86. The quantitative estimate of drug-likeness (QED) is 0.163. The highest BCUT2D eigenvalue weighted by Gasteiger charge is 2.23. The van der Waals surface area contributed by atoms with Gasteiger partial charge in [0.1, 0.15) is 0 Å². The molecule has 0 atom stereocenters. The lowest BCUT2D eigenvalue weighted by atomic mass is 9.91. The van der Waals surface area contributed by atoms with E-state index in [9.17, 15) is 0 Å². The van der Waals surface area contributed by atoms with Gasteiger partial charge in [0.15, 0.2) is 17.5 Å². The molecular formula is C55H36N4. The first-order valence-corrected chi connectivity index (χ1v) is 19.9. The van der Waals surface area contributed by atoms with Gasteiger partial charge in [-0.1, -0.05) is 194 Å². The molecule has 9 aromatic carbocycles. The molecule has 0 amide bonds. The maximum absolute atomic E-state index is 5.32. The Morgan fingerprint density at radius 3 is 1.29 bits per heavy atom. The van der Waals surface area contributed by atoms with Crippen LogP contribution in [-0.2, 0) is 0 Å². The third-order valence-electron chi connectivity index (χ3n) is 11.3. The van der Waals surface area contributed by atoms with Crippen molar-refractivity contribution in [2.24, 2.45) is 0 Å². The Bertz CT molecular complexity index is 3250. The van der Waals surface area contributed by atoms with Gasteiger partial charge in [0.2, 0.25) is 0 Å². The third kappa shape index (κ3) is 6.15. The Morgan fingerprint density at radius 2 is 0.678 bits per heavy atom. The van der Waals surface area contributed by atoms with Gasteiger partial charge in [-0.25, -0.2) is 15.0 Å². The van der Waals surface area contributed by atoms with Gasteiger partial charge in [-0.2, -0.15) is 0 Å². The molecule has 0 bridgehead atoms. The van der Waals surface area contributed by atoms with Gasteiger partial charge in [-0.3, -0.25) is 0 Å². The highest BCUT2D eigenvalue weighted by molar-refractivity contribution is 6.13. The zero-order chi connectivity index (χ0) is 39.1. The summed E-state index contributed by atoms with van der Waals surface area (Å²) in [5.41, 5.74) is 13.0. The summed E-state index contributed by atoms with van der Waals surface area (Å²) < 4.78 is 2.42. The number of benzene rings is 9. The van der Waals surface area contributed by atoms with Crippen molar-refractivity contribution in [2.75, 3.05) is 0 Å². The number of rotatable bonds is 7. The van der Waals surface area contributed by atoms with E-state index in [2.05, 4.69) is 199 Å². The molecule has 11 aromatic rings. The van der Waals surface area contributed by atoms with E-state index in [1.54, 1.807) is 0 Å². The molecule has 0 spiro atoms. The van der Waals surface area contributed by atoms with Gasteiger partial charge >= 0.3 is 0 Å². The van der Waals surface area contributed by atoms with Gasteiger partial charge in [-0.15, -0.1) is 0 Å². The van der Waals surface area contributed by atoms with Gasteiger partial charge in [0.05, 0.1) is 16.7 Å². The summed E-state index contributed by atoms with van der Waals surface area (Å²) in [5, 5.41) is 4.58. The van der Waals surface area contributed by atoms with E-state index in [0.717, 1.165) is 66.4 Å². The predicted octanol–water partition coefficient (Wildman–Crippen LogP) is 14.1. The van der Waals surface area contributed by atoms with E-state index in [-0.39, 0.29) is 0 Å². The molecule has 0 aliphatic carbocycles. The number of aromatic nitrogens is 4. The van der Waals surface area contributed by atoms with Crippen molar-refractivity contribution < 1.29 is 0 Å². The Kier molecular flexibility index (Phi) is 8.45. The van der Waals surface area contributed by atoms with Crippen LogP contribution in [0.1, 0.15) is 0 Å². The van der Waals surface area contributed by atoms with Crippen molar-refractivity contribution in [3.05, 3.63) is 218 Å². The lowest BCUT2D eigenvalue weighted by Gasteiger charge is -2.20. The lowest BCUT2D eigenvalue weighted by Crippen LogP contribution is -2.03. The van der Waals surface area contributed by atoms with Crippen LogP contribution >= 0.6 is 0 Å². The maximum Gasteiger partial charge on any atom is 0.164 e. The molecular weight excluding hydrogens is 717 g/mol. The fourth-order valence-corrected chi connectivity index (χ4v) is 8.48. The highest BCUT2D eigenvalue weighted by Crippen LogP contribution is 2.44. The number of nitrogens with zero attached hydrogens (tertiary/aromatic N) is 4. The molecule has 0 unspecified atom stereocenters. The third-order valence-corrected chi connectivity index (χ3v) is 11.3. The van der Waals surface area contributed by atoms with E-state index in [0.29, 0.717) is 17.5 Å². The summed E-state index contributed by atoms with van der Waals surface area (Å²) in [6, 6.07) is 77.1. The molecule has 276 valence electrons. The second-order valence-corrected chi connectivity index (χ2v) is 14.8. The normalized spacial score (nSPS) is 11.4. The van der Waals surface area contributed by atoms with Crippen molar-refractivity contribution in [3.63, 3.8) is 0 Å². The number of fused-ring (bicyclic) bond motifs is 4. The zero-order valence-corrected chi connectivity index (χ0v) is 32.1. The van der Waals surface area contributed by atoms with Gasteiger partial charge in [-0.05, 0) is 62.9 Å². The Balaban J connectivity index is 1.21. The number of hydrogen-bond acceptors (Lipinski definition) is 3. The van der Waals surface area contributed by atoms with Gasteiger partial charge in [0.25, 0.3) is 0 Å². The topological polar surface area (TPSA) is 43.6 Å². The van der Waals surface area contributed by atoms with E-state index < -0.39 is 0 Å². The molecule has 2 heterocycles. The molecule has 0 saturated heterocycles. The fourth-order valence-electron chi connectivity index (χ4n) is 8.48. The molecule has 4 heteroatoms. The molecule has 0 aliphatic rings. The highest BCUT2D eigenvalue weighted by atomic mass is 15.0. The smallest absolute Gasteiger partial charge is 0.164 e. The van der Waals surface area contributed by atoms with Crippen LogP contribution in [0.4, 0.5) is 0 Å². The lowest BCUT2D eigenvalue weighted by molar-refractivity contribution is 1.07. The summed E-state index contributed by atoms with van der Waals surface area (Å²) in [7, 11) is 0. The van der Waals surface area contributed by atoms with Crippen LogP contribution in [0, 0.1) is 0 Å². The Morgan fingerprint density at radius 1 is 0.271 bits per heavy atom. The average Bonchev–Trinajstić information content (AvgIpc) is 3.66. The summed E-state index contributed by atoms with van der Waals surface area (Å²) in [6.07, 6.45) is 0. The Labute approximate surface area is 342 Å². The first kappa shape index (κ1) is 34.3. The van der Waals surface area contributed by atoms with Gasteiger partial charge in [0, 0.05) is 33.0 Å².